The molecule has 1 unspecified atom stereocenters. The van der Waals surface area contributed by atoms with Crippen LogP contribution in [-0.4, -0.2) is 41.4 Å². The standard InChI is InChI=1S/C15H22N2O3S/c1-3-15(2,14(19)20)17-11-13(18)16-9-10-21-12-7-5-4-6-8-12/h4-8,17H,3,9-11H2,1-2H3,(H,16,18)(H,19,20). The highest BCUT2D eigenvalue weighted by atomic mass is 32.2. The number of carboxylic acid groups (broad SMARTS) is 1. The van der Waals surface area contributed by atoms with Crippen LogP contribution in [0.1, 0.15) is 20.3 Å². The largest absolute Gasteiger partial charge is 0.480 e. The highest BCUT2D eigenvalue weighted by Crippen LogP contribution is 2.15. The van der Waals surface area contributed by atoms with Gasteiger partial charge in [-0.3, -0.25) is 14.9 Å². The number of rotatable bonds is 9. The number of carboxylic acids is 1. The van der Waals surface area contributed by atoms with Gasteiger partial charge in [-0.05, 0) is 25.5 Å². The predicted octanol–water partition coefficient (Wildman–Crippen LogP) is 1.74. The van der Waals surface area contributed by atoms with Crippen LogP contribution in [0.5, 0.6) is 0 Å². The zero-order valence-corrected chi connectivity index (χ0v) is 13.2. The normalized spacial score (nSPS) is 13.4. The van der Waals surface area contributed by atoms with Crippen LogP contribution >= 0.6 is 11.8 Å². The second-order valence-electron chi connectivity index (χ2n) is 4.86. The summed E-state index contributed by atoms with van der Waals surface area (Å²) in [5.41, 5.74) is -1.06. The summed E-state index contributed by atoms with van der Waals surface area (Å²) in [6.07, 6.45) is 0.416. The number of amides is 1. The first-order valence-electron chi connectivity index (χ1n) is 6.91. The lowest BCUT2D eigenvalue weighted by Crippen LogP contribution is -2.52. The minimum Gasteiger partial charge on any atom is -0.480 e. The maximum absolute atomic E-state index is 11.7. The highest BCUT2D eigenvalue weighted by molar-refractivity contribution is 7.99. The average Bonchev–Trinajstić information content (AvgIpc) is 2.50. The first-order valence-corrected chi connectivity index (χ1v) is 7.89. The minimum atomic E-state index is -1.06. The number of benzene rings is 1. The molecule has 0 aliphatic rings. The van der Waals surface area contributed by atoms with Gasteiger partial charge in [0, 0.05) is 17.2 Å². The van der Waals surface area contributed by atoms with Gasteiger partial charge in [0.2, 0.25) is 5.91 Å². The number of hydrogen-bond donors (Lipinski definition) is 3. The lowest BCUT2D eigenvalue weighted by atomic mass is 9.99. The van der Waals surface area contributed by atoms with Gasteiger partial charge in [0.05, 0.1) is 6.54 Å². The number of nitrogens with one attached hydrogen (secondary N) is 2. The molecule has 0 spiro atoms. The third-order valence-corrected chi connectivity index (χ3v) is 4.27. The molecule has 1 aromatic rings. The number of thioether (sulfide) groups is 1. The first kappa shape index (κ1) is 17.5. The zero-order valence-electron chi connectivity index (χ0n) is 12.4. The molecule has 1 atom stereocenters. The van der Waals surface area contributed by atoms with Gasteiger partial charge in [-0.2, -0.15) is 0 Å². The van der Waals surface area contributed by atoms with E-state index in [4.69, 9.17) is 5.11 Å². The molecule has 0 saturated heterocycles. The van der Waals surface area contributed by atoms with E-state index in [1.165, 1.54) is 0 Å². The molecule has 1 amide bonds. The summed E-state index contributed by atoms with van der Waals surface area (Å²) < 4.78 is 0. The van der Waals surface area contributed by atoms with E-state index in [1.807, 2.05) is 30.3 Å². The summed E-state index contributed by atoms with van der Waals surface area (Å²) in [5, 5.41) is 14.6. The molecule has 116 valence electrons. The van der Waals surface area contributed by atoms with E-state index in [2.05, 4.69) is 10.6 Å². The molecule has 0 radical (unpaired) electrons. The molecule has 0 saturated carbocycles. The van der Waals surface area contributed by atoms with E-state index < -0.39 is 11.5 Å². The van der Waals surface area contributed by atoms with Crippen molar-refractivity contribution in [3.63, 3.8) is 0 Å². The molecule has 3 N–H and O–H groups in total. The molecule has 1 rings (SSSR count). The van der Waals surface area contributed by atoms with Gasteiger partial charge in [0.15, 0.2) is 0 Å². The Kier molecular flexibility index (Phi) is 7.25. The van der Waals surface area contributed by atoms with Crippen LogP contribution in [0.2, 0.25) is 0 Å². The Morgan fingerprint density at radius 1 is 1.29 bits per heavy atom. The predicted molar refractivity (Wildman–Crippen MR) is 84.5 cm³/mol. The smallest absolute Gasteiger partial charge is 0.323 e. The number of carbonyl (C=O) groups excluding carboxylic acids is 1. The summed E-state index contributed by atoms with van der Waals surface area (Å²) in [6.45, 7) is 3.91. The van der Waals surface area contributed by atoms with Crippen LogP contribution in [0.3, 0.4) is 0 Å². The van der Waals surface area contributed by atoms with E-state index in [-0.39, 0.29) is 12.5 Å². The molecule has 5 nitrogen and oxygen atoms in total. The molecule has 6 heteroatoms. The van der Waals surface area contributed by atoms with Gasteiger partial charge in [0.1, 0.15) is 5.54 Å². The van der Waals surface area contributed by atoms with Crippen LogP contribution in [0.15, 0.2) is 35.2 Å². The Hall–Kier alpha value is -1.53. The third-order valence-electron chi connectivity index (χ3n) is 3.25. The average molecular weight is 310 g/mol. The Morgan fingerprint density at radius 3 is 2.52 bits per heavy atom. The van der Waals surface area contributed by atoms with Gasteiger partial charge < -0.3 is 10.4 Å². The molecule has 0 aromatic heterocycles. The van der Waals surface area contributed by atoms with Gasteiger partial charge in [0.25, 0.3) is 0 Å². The van der Waals surface area contributed by atoms with Crippen molar-refractivity contribution in [1.29, 1.82) is 0 Å². The zero-order chi connectivity index (χ0) is 15.7. The fraction of sp³-hybridized carbons (Fsp3) is 0.467. The molecule has 0 fully saturated rings. The molecule has 1 aromatic carbocycles. The summed E-state index contributed by atoms with van der Waals surface area (Å²) >= 11 is 1.67. The van der Waals surface area contributed by atoms with Gasteiger partial charge >= 0.3 is 5.97 Å². The molecule has 0 bridgehead atoms. The van der Waals surface area contributed by atoms with Crippen molar-refractivity contribution in [1.82, 2.24) is 10.6 Å². The first-order chi connectivity index (χ1) is 9.98. The molecule has 0 heterocycles. The van der Waals surface area contributed by atoms with Crippen molar-refractivity contribution >= 4 is 23.6 Å². The van der Waals surface area contributed by atoms with Crippen LogP contribution in [0.4, 0.5) is 0 Å². The van der Waals surface area contributed by atoms with Gasteiger partial charge in [-0.15, -0.1) is 11.8 Å². The van der Waals surface area contributed by atoms with Gasteiger partial charge in [-0.25, -0.2) is 0 Å². The maximum atomic E-state index is 11.7. The van der Waals surface area contributed by atoms with E-state index in [1.54, 1.807) is 25.6 Å². The van der Waals surface area contributed by atoms with Crippen molar-refractivity contribution in [3.8, 4) is 0 Å². The fourth-order valence-corrected chi connectivity index (χ4v) is 2.36. The summed E-state index contributed by atoms with van der Waals surface area (Å²) in [4.78, 5) is 23.9. The van der Waals surface area contributed by atoms with Crippen LogP contribution in [0.25, 0.3) is 0 Å². The SMILES string of the molecule is CCC(C)(NCC(=O)NCCSc1ccccc1)C(=O)O. The quantitative estimate of drug-likeness (QED) is 0.478. The van der Waals surface area contributed by atoms with E-state index >= 15 is 0 Å². The third kappa shape index (κ3) is 6.18. The second-order valence-corrected chi connectivity index (χ2v) is 6.02. The van der Waals surface area contributed by atoms with Crippen molar-refractivity contribution in [3.05, 3.63) is 30.3 Å². The monoisotopic (exact) mass is 310 g/mol. The van der Waals surface area contributed by atoms with Crippen molar-refractivity contribution in [2.24, 2.45) is 0 Å². The number of carbonyl (C=O) groups is 2. The Balaban J connectivity index is 2.21. The van der Waals surface area contributed by atoms with Crippen LogP contribution in [0, 0.1) is 0 Å². The number of aliphatic carboxylic acids is 1. The molecule has 0 aliphatic carbocycles. The second kappa shape index (κ2) is 8.69. The van der Waals surface area contributed by atoms with E-state index in [9.17, 15) is 9.59 Å². The minimum absolute atomic E-state index is 0.00659. The summed E-state index contributed by atoms with van der Waals surface area (Å²) in [5.74, 6) is -0.360. The maximum Gasteiger partial charge on any atom is 0.323 e. The van der Waals surface area contributed by atoms with Crippen molar-refractivity contribution in [2.45, 2.75) is 30.7 Å². The summed E-state index contributed by atoms with van der Waals surface area (Å²) in [7, 11) is 0. The Labute approximate surface area is 129 Å². The van der Waals surface area contributed by atoms with Crippen molar-refractivity contribution in [2.75, 3.05) is 18.8 Å². The topological polar surface area (TPSA) is 78.4 Å². The van der Waals surface area contributed by atoms with E-state index in [0.29, 0.717) is 13.0 Å². The van der Waals surface area contributed by atoms with E-state index in [0.717, 1.165) is 10.6 Å². The molecule has 21 heavy (non-hydrogen) atoms. The summed E-state index contributed by atoms with van der Waals surface area (Å²) in [6, 6.07) is 9.95. The number of hydrogen-bond acceptors (Lipinski definition) is 4. The molecular weight excluding hydrogens is 288 g/mol. The Bertz CT molecular complexity index is 467. The molecular formula is C15H22N2O3S. The van der Waals surface area contributed by atoms with Crippen LogP contribution < -0.4 is 10.6 Å². The fourth-order valence-electron chi connectivity index (χ4n) is 1.57. The Morgan fingerprint density at radius 2 is 1.95 bits per heavy atom. The highest BCUT2D eigenvalue weighted by Gasteiger charge is 2.30. The van der Waals surface area contributed by atoms with Gasteiger partial charge in [-0.1, -0.05) is 25.1 Å². The van der Waals surface area contributed by atoms with Crippen molar-refractivity contribution < 1.29 is 14.7 Å². The lowest BCUT2D eigenvalue weighted by Gasteiger charge is -2.24. The van der Waals surface area contributed by atoms with Crippen LogP contribution in [-0.2, 0) is 9.59 Å². The molecule has 0 aliphatic heterocycles. The lowest BCUT2D eigenvalue weighted by molar-refractivity contribution is -0.144.